The van der Waals surface area contributed by atoms with Crippen molar-refractivity contribution in [2.45, 2.75) is 25.8 Å². The third kappa shape index (κ3) is 4.05. The van der Waals surface area contributed by atoms with Gasteiger partial charge in [0.05, 0.1) is 13.2 Å². The van der Waals surface area contributed by atoms with Gasteiger partial charge < -0.3 is 25.8 Å². The number of aliphatic hydroxyl groups excluding tert-OH is 1. The van der Waals surface area contributed by atoms with E-state index in [1.165, 1.54) is 11.3 Å². The summed E-state index contributed by atoms with van der Waals surface area (Å²) in [6, 6.07) is 0. The molecule has 7 nitrogen and oxygen atoms in total. The molecular weight excluding hydrogens is 292 g/mol. The van der Waals surface area contributed by atoms with Crippen molar-refractivity contribution in [3.05, 3.63) is 4.88 Å². The molecule has 1 aliphatic rings. The van der Waals surface area contributed by atoms with E-state index in [1.807, 2.05) is 13.8 Å². The first-order valence-electron chi connectivity index (χ1n) is 6.95. The second-order valence-corrected chi connectivity index (χ2v) is 6.60. The molecule has 21 heavy (non-hydrogen) atoms. The van der Waals surface area contributed by atoms with E-state index in [4.69, 9.17) is 15.6 Å². The predicted molar refractivity (Wildman–Crippen MR) is 82.8 cm³/mol. The molecule has 0 atom stereocenters. The Bertz CT molecular complexity index is 498. The molecule has 1 saturated heterocycles. The van der Waals surface area contributed by atoms with E-state index in [1.54, 1.807) is 0 Å². The summed E-state index contributed by atoms with van der Waals surface area (Å²) in [6.45, 7) is 6.57. The maximum Gasteiger partial charge on any atom is 0.265 e. The van der Waals surface area contributed by atoms with Crippen LogP contribution in [0.1, 0.15) is 29.9 Å². The average Bonchev–Trinajstić information content (AvgIpc) is 2.81. The predicted octanol–water partition coefficient (Wildman–Crippen LogP) is 0.453. The molecule has 1 aromatic heterocycles. The molecule has 4 N–H and O–H groups in total. The fourth-order valence-corrected chi connectivity index (χ4v) is 3.01. The Labute approximate surface area is 128 Å². The van der Waals surface area contributed by atoms with Crippen molar-refractivity contribution in [3.63, 3.8) is 0 Å². The van der Waals surface area contributed by atoms with Crippen LogP contribution >= 0.6 is 11.3 Å². The number of aromatic nitrogens is 1. The lowest BCUT2D eigenvalue weighted by molar-refractivity contribution is 0.0904. The van der Waals surface area contributed by atoms with Crippen LogP contribution in [0.4, 0.5) is 10.9 Å². The van der Waals surface area contributed by atoms with E-state index in [9.17, 15) is 4.79 Å². The van der Waals surface area contributed by atoms with Crippen LogP contribution in [0.15, 0.2) is 0 Å². The van der Waals surface area contributed by atoms with Crippen molar-refractivity contribution < 1.29 is 14.6 Å². The van der Waals surface area contributed by atoms with Gasteiger partial charge >= 0.3 is 0 Å². The van der Waals surface area contributed by atoms with Crippen LogP contribution < -0.4 is 16.0 Å². The van der Waals surface area contributed by atoms with Crippen LogP contribution in [0.25, 0.3) is 0 Å². The Morgan fingerprint density at radius 2 is 2.19 bits per heavy atom. The second kappa shape index (κ2) is 6.59. The quantitative estimate of drug-likeness (QED) is 0.730. The summed E-state index contributed by atoms with van der Waals surface area (Å²) < 4.78 is 5.30. The van der Waals surface area contributed by atoms with Crippen molar-refractivity contribution >= 4 is 28.2 Å². The number of aliphatic hydroxyl groups is 1. The Balaban J connectivity index is 2.09. The SMILES string of the molecule is CC(C)(CCO)NC(=O)c1sc(N2CCOCC2)nc1N. The normalized spacial score (nSPS) is 16.0. The number of morpholine rings is 1. The number of hydrogen-bond donors (Lipinski definition) is 3. The Morgan fingerprint density at radius 1 is 1.52 bits per heavy atom. The monoisotopic (exact) mass is 314 g/mol. The van der Waals surface area contributed by atoms with Gasteiger partial charge in [0.2, 0.25) is 0 Å². The van der Waals surface area contributed by atoms with Crippen LogP contribution in [0, 0.1) is 0 Å². The maximum absolute atomic E-state index is 12.3. The van der Waals surface area contributed by atoms with Crippen LogP contribution in [0.3, 0.4) is 0 Å². The highest BCUT2D eigenvalue weighted by atomic mass is 32.1. The van der Waals surface area contributed by atoms with Crippen molar-refractivity contribution in [1.82, 2.24) is 10.3 Å². The number of nitrogens with two attached hydrogens (primary N) is 1. The van der Waals surface area contributed by atoms with Crippen LogP contribution in [0.2, 0.25) is 0 Å². The molecule has 0 unspecified atom stereocenters. The maximum atomic E-state index is 12.3. The van der Waals surface area contributed by atoms with Gasteiger partial charge in [0.1, 0.15) is 10.7 Å². The standard InChI is InChI=1S/C13H22N4O3S/c1-13(2,3-6-18)16-11(19)9-10(14)15-12(21-9)17-4-7-20-8-5-17/h18H,3-8,14H2,1-2H3,(H,16,19). The van der Waals surface area contributed by atoms with E-state index in [-0.39, 0.29) is 18.3 Å². The van der Waals surface area contributed by atoms with Gasteiger partial charge in [0.25, 0.3) is 5.91 Å². The minimum Gasteiger partial charge on any atom is -0.396 e. The molecule has 0 saturated carbocycles. The molecule has 2 heterocycles. The Hall–Kier alpha value is -1.38. The van der Waals surface area contributed by atoms with E-state index >= 15 is 0 Å². The third-order valence-corrected chi connectivity index (χ3v) is 4.45. The number of rotatable bonds is 5. The van der Waals surface area contributed by atoms with Gasteiger partial charge in [-0.25, -0.2) is 4.98 Å². The molecule has 1 aliphatic heterocycles. The molecule has 1 fully saturated rings. The van der Waals surface area contributed by atoms with Crippen molar-refractivity contribution in [1.29, 1.82) is 0 Å². The largest absolute Gasteiger partial charge is 0.396 e. The highest BCUT2D eigenvalue weighted by Gasteiger charge is 2.25. The van der Waals surface area contributed by atoms with Gasteiger partial charge in [-0.1, -0.05) is 11.3 Å². The van der Waals surface area contributed by atoms with Gasteiger partial charge in [0.15, 0.2) is 5.13 Å². The number of hydrogen-bond acceptors (Lipinski definition) is 7. The van der Waals surface area contributed by atoms with Crippen LogP contribution in [-0.4, -0.2) is 54.4 Å². The first-order valence-corrected chi connectivity index (χ1v) is 7.77. The lowest BCUT2D eigenvalue weighted by Crippen LogP contribution is -2.44. The van der Waals surface area contributed by atoms with E-state index in [0.717, 1.165) is 18.2 Å². The fourth-order valence-electron chi connectivity index (χ4n) is 2.08. The number of carbonyl (C=O) groups is 1. The summed E-state index contributed by atoms with van der Waals surface area (Å²) in [4.78, 5) is 19.1. The number of anilines is 2. The van der Waals surface area contributed by atoms with Gasteiger partial charge in [-0.2, -0.15) is 0 Å². The number of carbonyl (C=O) groups excluding carboxylic acids is 1. The molecule has 1 aromatic rings. The molecule has 0 spiro atoms. The zero-order valence-corrected chi connectivity index (χ0v) is 13.2. The summed E-state index contributed by atoms with van der Waals surface area (Å²) in [7, 11) is 0. The van der Waals surface area contributed by atoms with Gasteiger partial charge in [-0.05, 0) is 20.3 Å². The first-order chi connectivity index (χ1) is 9.93. The zero-order chi connectivity index (χ0) is 15.5. The minimum atomic E-state index is -0.485. The molecule has 0 bridgehead atoms. The van der Waals surface area contributed by atoms with E-state index in [2.05, 4.69) is 15.2 Å². The summed E-state index contributed by atoms with van der Waals surface area (Å²) in [5, 5.41) is 12.6. The fraction of sp³-hybridized carbons (Fsp3) is 0.692. The topological polar surface area (TPSA) is 101 Å². The Kier molecular flexibility index (Phi) is 5.02. The number of nitrogen functional groups attached to an aromatic ring is 1. The number of amides is 1. The third-order valence-electron chi connectivity index (χ3n) is 3.32. The van der Waals surface area contributed by atoms with E-state index in [0.29, 0.717) is 24.5 Å². The highest BCUT2D eigenvalue weighted by Crippen LogP contribution is 2.29. The number of nitrogens with one attached hydrogen (secondary N) is 1. The van der Waals surface area contributed by atoms with Crippen LogP contribution in [-0.2, 0) is 4.74 Å². The van der Waals surface area contributed by atoms with Crippen LogP contribution in [0.5, 0.6) is 0 Å². The lowest BCUT2D eigenvalue weighted by atomic mass is 10.0. The highest BCUT2D eigenvalue weighted by molar-refractivity contribution is 7.18. The van der Waals surface area contributed by atoms with Gasteiger partial charge in [-0.3, -0.25) is 4.79 Å². The van der Waals surface area contributed by atoms with E-state index < -0.39 is 5.54 Å². The second-order valence-electron chi connectivity index (χ2n) is 5.62. The zero-order valence-electron chi connectivity index (χ0n) is 12.4. The Morgan fingerprint density at radius 3 is 2.81 bits per heavy atom. The lowest BCUT2D eigenvalue weighted by Gasteiger charge is -2.26. The molecule has 2 rings (SSSR count). The minimum absolute atomic E-state index is 0.0183. The summed E-state index contributed by atoms with van der Waals surface area (Å²) >= 11 is 1.29. The molecule has 8 heteroatoms. The van der Waals surface area contributed by atoms with Gasteiger partial charge in [0, 0.05) is 25.2 Å². The molecule has 118 valence electrons. The molecule has 1 amide bonds. The number of ether oxygens (including phenoxy) is 1. The molecule has 0 aliphatic carbocycles. The van der Waals surface area contributed by atoms with Crippen molar-refractivity contribution in [2.75, 3.05) is 43.5 Å². The first kappa shape index (κ1) is 16.0. The summed E-state index contributed by atoms with van der Waals surface area (Å²) in [5.41, 5.74) is 5.39. The number of nitrogens with zero attached hydrogens (tertiary/aromatic N) is 2. The van der Waals surface area contributed by atoms with Crippen molar-refractivity contribution in [2.24, 2.45) is 0 Å². The molecular formula is C13H22N4O3S. The average molecular weight is 314 g/mol. The summed E-state index contributed by atoms with van der Waals surface area (Å²) in [5.74, 6) is 0.00162. The number of thiazole rings is 1. The van der Waals surface area contributed by atoms with Crippen molar-refractivity contribution in [3.8, 4) is 0 Å². The van der Waals surface area contributed by atoms with Gasteiger partial charge in [-0.15, -0.1) is 0 Å². The summed E-state index contributed by atoms with van der Waals surface area (Å²) in [6.07, 6.45) is 0.480. The molecule has 0 radical (unpaired) electrons. The smallest absolute Gasteiger partial charge is 0.265 e. The molecule has 0 aromatic carbocycles.